The van der Waals surface area contributed by atoms with Gasteiger partial charge in [0.25, 0.3) is 0 Å². The van der Waals surface area contributed by atoms with Crippen LogP contribution in [0, 0.1) is 0 Å². The van der Waals surface area contributed by atoms with Crippen LogP contribution in [0.2, 0.25) is 0 Å². The lowest BCUT2D eigenvalue weighted by Crippen LogP contribution is -2.35. The first-order chi connectivity index (χ1) is 7.81. The Labute approximate surface area is 96.2 Å². The van der Waals surface area contributed by atoms with Gasteiger partial charge in [-0.1, -0.05) is 12.1 Å². The summed E-state index contributed by atoms with van der Waals surface area (Å²) in [4.78, 5) is 13.7. The molecule has 0 spiro atoms. The molecule has 1 aromatic carbocycles. The van der Waals surface area contributed by atoms with Gasteiger partial charge in [0.1, 0.15) is 0 Å². The fourth-order valence-corrected chi connectivity index (χ4v) is 2.13. The van der Waals surface area contributed by atoms with E-state index in [-0.39, 0.29) is 5.91 Å². The van der Waals surface area contributed by atoms with Crippen LogP contribution < -0.4 is 10.6 Å². The van der Waals surface area contributed by atoms with Gasteiger partial charge in [-0.15, -0.1) is 0 Å². The van der Waals surface area contributed by atoms with Crippen molar-refractivity contribution in [1.82, 2.24) is 0 Å². The number of nitrogens with zero attached hydrogens (tertiary/aromatic N) is 1. The summed E-state index contributed by atoms with van der Waals surface area (Å²) in [6, 6.07) is 8.15. The van der Waals surface area contributed by atoms with Gasteiger partial charge < -0.3 is 10.6 Å². The van der Waals surface area contributed by atoms with E-state index >= 15 is 0 Å². The number of anilines is 1. The van der Waals surface area contributed by atoms with Crippen LogP contribution in [0.4, 0.5) is 5.69 Å². The summed E-state index contributed by atoms with van der Waals surface area (Å²) >= 11 is 0. The Morgan fingerprint density at radius 3 is 2.94 bits per heavy atom. The molecule has 2 N–H and O–H groups in total. The van der Waals surface area contributed by atoms with Crippen molar-refractivity contribution in [3.8, 4) is 0 Å². The van der Waals surface area contributed by atoms with E-state index in [1.807, 2.05) is 17.0 Å². The molecule has 0 atom stereocenters. The quantitative estimate of drug-likeness (QED) is 0.839. The number of piperidine rings is 1. The standard InChI is InChI=1S/C13H18N2O/c14-8-7-11-4-3-5-12(10-11)15-9-2-1-6-13(15)16/h3-5,10H,1-2,6-9,14H2. The average molecular weight is 218 g/mol. The van der Waals surface area contributed by atoms with Gasteiger partial charge in [0.2, 0.25) is 5.91 Å². The van der Waals surface area contributed by atoms with Crippen molar-refractivity contribution in [1.29, 1.82) is 0 Å². The molecular formula is C13H18N2O. The number of carbonyl (C=O) groups excluding carboxylic acids is 1. The minimum absolute atomic E-state index is 0.246. The molecule has 0 bridgehead atoms. The molecule has 3 heteroatoms. The van der Waals surface area contributed by atoms with E-state index in [1.54, 1.807) is 0 Å². The summed E-state index contributed by atoms with van der Waals surface area (Å²) in [5.41, 5.74) is 7.77. The summed E-state index contributed by atoms with van der Waals surface area (Å²) in [7, 11) is 0. The molecule has 1 aliphatic rings. The molecular weight excluding hydrogens is 200 g/mol. The number of hydrogen-bond acceptors (Lipinski definition) is 2. The zero-order valence-electron chi connectivity index (χ0n) is 9.48. The van der Waals surface area contributed by atoms with Crippen molar-refractivity contribution in [2.24, 2.45) is 5.73 Å². The number of amides is 1. The molecule has 1 saturated heterocycles. The molecule has 0 saturated carbocycles. The third-order valence-corrected chi connectivity index (χ3v) is 2.98. The number of rotatable bonds is 3. The van der Waals surface area contributed by atoms with Crippen LogP contribution in [-0.4, -0.2) is 19.0 Å². The van der Waals surface area contributed by atoms with Gasteiger partial charge in [-0.05, 0) is 43.5 Å². The molecule has 1 aromatic rings. The van der Waals surface area contributed by atoms with Crippen molar-refractivity contribution in [3.63, 3.8) is 0 Å². The van der Waals surface area contributed by atoms with Crippen LogP contribution in [-0.2, 0) is 11.2 Å². The molecule has 1 fully saturated rings. The highest BCUT2D eigenvalue weighted by Crippen LogP contribution is 2.21. The highest BCUT2D eigenvalue weighted by Gasteiger charge is 2.19. The zero-order valence-corrected chi connectivity index (χ0v) is 9.48. The molecule has 16 heavy (non-hydrogen) atoms. The fourth-order valence-electron chi connectivity index (χ4n) is 2.13. The molecule has 0 unspecified atom stereocenters. The minimum atomic E-state index is 0.246. The maximum atomic E-state index is 11.8. The van der Waals surface area contributed by atoms with Crippen LogP contribution in [0.25, 0.3) is 0 Å². The summed E-state index contributed by atoms with van der Waals surface area (Å²) in [5.74, 6) is 0.246. The minimum Gasteiger partial charge on any atom is -0.330 e. The molecule has 0 aromatic heterocycles. The molecule has 86 valence electrons. The first kappa shape index (κ1) is 11.1. The third kappa shape index (κ3) is 2.42. The molecule has 1 heterocycles. The van der Waals surface area contributed by atoms with Crippen LogP contribution >= 0.6 is 0 Å². The Kier molecular flexibility index (Phi) is 3.57. The topological polar surface area (TPSA) is 46.3 Å². The molecule has 1 aliphatic heterocycles. The summed E-state index contributed by atoms with van der Waals surface area (Å²) < 4.78 is 0. The lowest BCUT2D eigenvalue weighted by atomic mass is 10.1. The van der Waals surface area contributed by atoms with Crippen LogP contribution in [0.5, 0.6) is 0 Å². The highest BCUT2D eigenvalue weighted by atomic mass is 16.2. The number of benzene rings is 1. The van der Waals surface area contributed by atoms with E-state index in [1.165, 1.54) is 5.56 Å². The lowest BCUT2D eigenvalue weighted by molar-refractivity contribution is -0.119. The lowest BCUT2D eigenvalue weighted by Gasteiger charge is -2.27. The van der Waals surface area contributed by atoms with E-state index in [9.17, 15) is 4.79 Å². The fraction of sp³-hybridized carbons (Fsp3) is 0.462. The average Bonchev–Trinajstić information content (AvgIpc) is 2.30. The summed E-state index contributed by atoms with van der Waals surface area (Å²) in [6.45, 7) is 1.50. The van der Waals surface area contributed by atoms with Gasteiger partial charge in [0, 0.05) is 18.7 Å². The van der Waals surface area contributed by atoms with Gasteiger partial charge >= 0.3 is 0 Å². The smallest absolute Gasteiger partial charge is 0.226 e. The van der Waals surface area contributed by atoms with E-state index in [0.29, 0.717) is 13.0 Å². The first-order valence-corrected chi connectivity index (χ1v) is 5.90. The van der Waals surface area contributed by atoms with Gasteiger partial charge in [0.15, 0.2) is 0 Å². The van der Waals surface area contributed by atoms with Crippen LogP contribution in [0.3, 0.4) is 0 Å². The molecule has 3 nitrogen and oxygen atoms in total. The van der Waals surface area contributed by atoms with Gasteiger partial charge in [-0.3, -0.25) is 4.79 Å². The van der Waals surface area contributed by atoms with Crippen molar-refractivity contribution in [3.05, 3.63) is 29.8 Å². The second-order valence-corrected chi connectivity index (χ2v) is 4.21. The van der Waals surface area contributed by atoms with E-state index in [2.05, 4.69) is 12.1 Å². The SMILES string of the molecule is NCCc1cccc(N2CCCCC2=O)c1. The van der Waals surface area contributed by atoms with Gasteiger partial charge in [-0.2, -0.15) is 0 Å². The number of hydrogen-bond donors (Lipinski definition) is 1. The zero-order chi connectivity index (χ0) is 11.4. The predicted octanol–water partition coefficient (Wildman–Crippen LogP) is 1.70. The molecule has 1 amide bonds. The second-order valence-electron chi connectivity index (χ2n) is 4.21. The second kappa shape index (κ2) is 5.12. The Hall–Kier alpha value is -1.35. The van der Waals surface area contributed by atoms with Crippen molar-refractivity contribution >= 4 is 11.6 Å². The van der Waals surface area contributed by atoms with Gasteiger partial charge in [0.05, 0.1) is 0 Å². The Balaban J connectivity index is 2.18. The molecule has 2 rings (SSSR count). The number of nitrogens with two attached hydrogens (primary N) is 1. The monoisotopic (exact) mass is 218 g/mol. The van der Waals surface area contributed by atoms with E-state index < -0.39 is 0 Å². The predicted molar refractivity (Wildman–Crippen MR) is 65.4 cm³/mol. The Morgan fingerprint density at radius 2 is 2.19 bits per heavy atom. The van der Waals surface area contributed by atoms with Crippen LogP contribution in [0.15, 0.2) is 24.3 Å². The maximum absolute atomic E-state index is 11.8. The van der Waals surface area contributed by atoms with Crippen molar-refractivity contribution < 1.29 is 4.79 Å². The largest absolute Gasteiger partial charge is 0.330 e. The summed E-state index contributed by atoms with van der Waals surface area (Å²) in [5, 5.41) is 0. The van der Waals surface area contributed by atoms with E-state index in [4.69, 9.17) is 5.73 Å². The van der Waals surface area contributed by atoms with Crippen molar-refractivity contribution in [2.45, 2.75) is 25.7 Å². The van der Waals surface area contributed by atoms with E-state index in [0.717, 1.165) is 31.5 Å². The van der Waals surface area contributed by atoms with Crippen molar-refractivity contribution in [2.75, 3.05) is 18.0 Å². The first-order valence-electron chi connectivity index (χ1n) is 5.90. The maximum Gasteiger partial charge on any atom is 0.226 e. The molecule has 0 radical (unpaired) electrons. The normalized spacial score (nSPS) is 16.6. The third-order valence-electron chi connectivity index (χ3n) is 2.98. The van der Waals surface area contributed by atoms with Crippen LogP contribution in [0.1, 0.15) is 24.8 Å². The number of carbonyl (C=O) groups is 1. The van der Waals surface area contributed by atoms with Gasteiger partial charge in [-0.25, -0.2) is 0 Å². The highest BCUT2D eigenvalue weighted by molar-refractivity contribution is 5.94. The summed E-state index contributed by atoms with van der Waals surface area (Å²) in [6.07, 6.45) is 3.68. The Bertz CT molecular complexity index is 376. The molecule has 0 aliphatic carbocycles. The Morgan fingerprint density at radius 1 is 1.31 bits per heavy atom.